The molecule has 0 aliphatic rings. The number of carbonyl (C=O) groups is 2. The Morgan fingerprint density at radius 3 is 2.78 bits per heavy atom. The van der Waals surface area contributed by atoms with Gasteiger partial charge in [-0.05, 0) is 18.2 Å². The Balaban J connectivity index is 2.59. The lowest BCUT2D eigenvalue weighted by atomic mass is 10.2. The Bertz CT molecular complexity index is 510. The summed E-state index contributed by atoms with van der Waals surface area (Å²) in [6.45, 7) is -0.925. The molecule has 0 atom stereocenters. The van der Waals surface area contributed by atoms with Crippen LogP contribution in [-0.4, -0.2) is 30.2 Å². The number of halogens is 1. The lowest BCUT2D eigenvalue weighted by molar-refractivity contribution is -0.143. The fourth-order valence-corrected chi connectivity index (χ4v) is 1.50. The maximum atomic E-state index is 11.4. The molecule has 0 saturated heterocycles. The number of hydrogen-bond acceptors (Lipinski definition) is 4. The summed E-state index contributed by atoms with van der Waals surface area (Å²) in [5.74, 6) is -1.67. The highest BCUT2D eigenvalue weighted by Crippen LogP contribution is 2.20. The standard InChI is InChI=1S/C11H9BrN2O4/c12-8-1-2-9(7(3-8)4-13)14-10(15)5-18-6-11(16)17/h1-3H,5-6H2,(H,14,15)(H,16,17). The van der Waals surface area contributed by atoms with Crippen LogP contribution in [0, 0.1) is 11.3 Å². The minimum absolute atomic E-state index is 0.302. The molecule has 0 heterocycles. The third-order valence-corrected chi connectivity index (χ3v) is 2.33. The maximum absolute atomic E-state index is 11.4. The van der Waals surface area contributed by atoms with Crippen LogP contribution in [0.1, 0.15) is 5.56 Å². The minimum atomic E-state index is -1.15. The molecule has 7 heteroatoms. The van der Waals surface area contributed by atoms with Crippen molar-refractivity contribution in [2.45, 2.75) is 0 Å². The Morgan fingerprint density at radius 2 is 2.17 bits per heavy atom. The number of hydrogen-bond donors (Lipinski definition) is 2. The number of rotatable bonds is 5. The van der Waals surface area contributed by atoms with Crippen molar-refractivity contribution in [1.82, 2.24) is 0 Å². The molecule has 1 rings (SSSR count). The number of carboxylic acid groups (broad SMARTS) is 1. The molecule has 0 aromatic heterocycles. The topological polar surface area (TPSA) is 99.4 Å². The molecule has 0 fully saturated rings. The minimum Gasteiger partial charge on any atom is -0.480 e. The molecule has 0 aliphatic heterocycles. The van der Waals surface area contributed by atoms with Crippen molar-refractivity contribution < 1.29 is 19.4 Å². The van der Waals surface area contributed by atoms with Crippen molar-refractivity contribution in [2.24, 2.45) is 0 Å². The second-order valence-corrected chi connectivity index (χ2v) is 4.15. The van der Waals surface area contributed by atoms with Gasteiger partial charge >= 0.3 is 5.97 Å². The first kappa shape index (κ1) is 14.2. The average molecular weight is 313 g/mol. The van der Waals surface area contributed by atoms with Gasteiger partial charge in [-0.3, -0.25) is 4.79 Å². The maximum Gasteiger partial charge on any atom is 0.329 e. The molecule has 0 saturated carbocycles. The summed E-state index contributed by atoms with van der Waals surface area (Å²) < 4.78 is 5.34. The largest absolute Gasteiger partial charge is 0.480 e. The van der Waals surface area contributed by atoms with E-state index in [2.05, 4.69) is 26.0 Å². The summed E-state index contributed by atoms with van der Waals surface area (Å²) >= 11 is 3.21. The van der Waals surface area contributed by atoms with Crippen molar-refractivity contribution >= 4 is 33.5 Å². The second kappa shape index (κ2) is 6.74. The van der Waals surface area contributed by atoms with E-state index in [-0.39, 0.29) is 6.61 Å². The normalized spacial score (nSPS) is 9.56. The van der Waals surface area contributed by atoms with Gasteiger partial charge in [0, 0.05) is 4.47 Å². The monoisotopic (exact) mass is 312 g/mol. The van der Waals surface area contributed by atoms with E-state index in [0.29, 0.717) is 11.3 Å². The number of nitrogens with one attached hydrogen (secondary N) is 1. The van der Waals surface area contributed by atoms with E-state index in [1.54, 1.807) is 18.2 Å². The number of ether oxygens (including phenoxy) is 1. The van der Waals surface area contributed by atoms with E-state index in [4.69, 9.17) is 10.4 Å². The Kier molecular flexibility index (Phi) is 5.30. The van der Waals surface area contributed by atoms with Crippen LogP contribution in [0.15, 0.2) is 22.7 Å². The molecular weight excluding hydrogens is 304 g/mol. The van der Waals surface area contributed by atoms with Gasteiger partial charge in [-0.1, -0.05) is 15.9 Å². The van der Waals surface area contributed by atoms with Gasteiger partial charge in [0.15, 0.2) is 0 Å². The van der Waals surface area contributed by atoms with Gasteiger partial charge in [-0.25, -0.2) is 4.79 Å². The van der Waals surface area contributed by atoms with Gasteiger partial charge in [0.25, 0.3) is 0 Å². The lowest BCUT2D eigenvalue weighted by Crippen LogP contribution is -2.21. The first-order valence-corrected chi connectivity index (χ1v) is 5.61. The summed E-state index contributed by atoms with van der Waals surface area (Å²) in [6.07, 6.45) is 0. The molecule has 94 valence electrons. The molecule has 18 heavy (non-hydrogen) atoms. The van der Waals surface area contributed by atoms with Crippen LogP contribution in [-0.2, 0) is 14.3 Å². The van der Waals surface area contributed by atoms with Crippen LogP contribution in [0.3, 0.4) is 0 Å². The summed E-state index contributed by atoms with van der Waals surface area (Å²) in [4.78, 5) is 21.6. The van der Waals surface area contributed by atoms with Gasteiger partial charge in [-0.15, -0.1) is 0 Å². The van der Waals surface area contributed by atoms with Crippen molar-refractivity contribution in [3.05, 3.63) is 28.2 Å². The van der Waals surface area contributed by atoms with Crippen LogP contribution in [0.2, 0.25) is 0 Å². The highest BCUT2D eigenvalue weighted by Gasteiger charge is 2.08. The van der Waals surface area contributed by atoms with Gasteiger partial charge in [0.2, 0.25) is 5.91 Å². The molecule has 0 radical (unpaired) electrons. The SMILES string of the molecule is N#Cc1cc(Br)ccc1NC(=O)COCC(=O)O. The molecular formula is C11H9BrN2O4. The molecule has 1 amide bonds. The summed E-state index contributed by atoms with van der Waals surface area (Å²) in [5, 5.41) is 19.7. The molecule has 1 aromatic carbocycles. The van der Waals surface area contributed by atoms with Crippen molar-refractivity contribution in [1.29, 1.82) is 5.26 Å². The quantitative estimate of drug-likeness (QED) is 0.855. The van der Waals surface area contributed by atoms with Gasteiger partial charge < -0.3 is 15.2 Å². The summed E-state index contributed by atoms with van der Waals surface area (Å²) in [5.41, 5.74) is 0.653. The number of amides is 1. The number of benzene rings is 1. The Hall–Kier alpha value is -1.91. The van der Waals surface area contributed by atoms with E-state index in [1.165, 1.54) is 0 Å². The van der Waals surface area contributed by atoms with Gasteiger partial charge in [-0.2, -0.15) is 5.26 Å². The Morgan fingerprint density at radius 1 is 1.44 bits per heavy atom. The smallest absolute Gasteiger partial charge is 0.329 e. The molecule has 0 spiro atoms. The molecule has 0 aliphatic carbocycles. The van der Waals surface area contributed by atoms with Crippen molar-refractivity contribution in [2.75, 3.05) is 18.5 Å². The number of carbonyl (C=O) groups excluding carboxylic acids is 1. The number of anilines is 1. The zero-order valence-electron chi connectivity index (χ0n) is 9.14. The first-order chi connectivity index (χ1) is 8.52. The fraction of sp³-hybridized carbons (Fsp3) is 0.182. The second-order valence-electron chi connectivity index (χ2n) is 3.24. The van der Waals surface area contributed by atoms with E-state index in [9.17, 15) is 9.59 Å². The van der Waals surface area contributed by atoms with Crippen molar-refractivity contribution in [3.8, 4) is 6.07 Å². The predicted octanol–water partition coefficient (Wildman–Crippen LogP) is 1.36. The predicted molar refractivity (Wildman–Crippen MR) is 65.9 cm³/mol. The molecule has 0 bridgehead atoms. The highest BCUT2D eigenvalue weighted by molar-refractivity contribution is 9.10. The third-order valence-electron chi connectivity index (χ3n) is 1.83. The number of nitriles is 1. The molecule has 0 unspecified atom stereocenters. The van der Waals surface area contributed by atoms with E-state index < -0.39 is 18.5 Å². The summed E-state index contributed by atoms with van der Waals surface area (Å²) in [7, 11) is 0. The van der Waals surface area contributed by atoms with Crippen molar-refractivity contribution in [3.63, 3.8) is 0 Å². The number of nitrogens with zero attached hydrogens (tertiary/aromatic N) is 1. The van der Waals surface area contributed by atoms with Crippen LogP contribution in [0.25, 0.3) is 0 Å². The highest BCUT2D eigenvalue weighted by atomic mass is 79.9. The summed E-state index contributed by atoms with van der Waals surface area (Å²) in [6, 6.07) is 6.74. The van der Waals surface area contributed by atoms with E-state index in [0.717, 1.165) is 4.47 Å². The molecule has 6 nitrogen and oxygen atoms in total. The average Bonchev–Trinajstić information content (AvgIpc) is 2.31. The fourth-order valence-electron chi connectivity index (χ4n) is 1.14. The van der Waals surface area contributed by atoms with Crippen LogP contribution in [0.4, 0.5) is 5.69 Å². The van der Waals surface area contributed by atoms with Gasteiger partial charge in [0.05, 0.1) is 11.3 Å². The van der Waals surface area contributed by atoms with Crippen LogP contribution < -0.4 is 5.32 Å². The number of aliphatic carboxylic acids is 1. The third kappa shape index (κ3) is 4.53. The zero-order valence-corrected chi connectivity index (χ0v) is 10.7. The van der Waals surface area contributed by atoms with Gasteiger partial charge in [0.1, 0.15) is 19.3 Å². The van der Waals surface area contributed by atoms with E-state index in [1.807, 2.05) is 6.07 Å². The number of carboxylic acids is 1. The lowest BCUT2D eigenvalue weighted by Gasteiger charge is -2.07. The van der Waals surface area contributed by atoms with Crippen LogP contribution >= 0.6 is 15.9 Å². The molecule has 1 aromatic rings. The zero-order chi connectivity index (χ0) is 13.5. The van der Waals surface area contributed by atoms with E-state index >= 15 is 0 Å². The van der Waals surface area contributed by atoms with Crippen LogP contribution in [0.5, 0.6) is 0 Å². The Labute approximate surface area is 111 Å². The molecule has 2 N–H and O–H groups in total. The first-order valence-electron chi connectivity index (χ1n) is 4.82.